The number of sulfonamides is 1. The van der Waals surface area contributed by atoms with Gasteiger partial charge in [0.1, 0.15) is 12.3 Å². The number of aromatic nitrogens is 1. The molecule has 0 aliphatic rings. The first-order chi connectivity index (χ1) is 13.9. The van der Waals surface area contributed by atoms with Crippen molar-refractivity contribution in [3.05, 3.63) is 78.1 Å². The number of methoxy groups -OCH3 is 1. The number of benzene rings is 2. The van der Waals surface area contributed by atoms with E-state index >= 15 is 0 Å². The first-order valence-electron chi connectivity index (χ1n) is 8.52. The van der Waals surface area contributed by atoms with Crippen LogP contribution in [-0.4, -0.2) is 33.0 Å². The van der Waals surface area contributed by atoms with Gasteiger partial charge in [-0.2, -0.15) is 0 Å². The lowest BCUT2D eigenvalue weighted by atomic mass is 10.3. The number of hydrogen-bond donors (Lipinski definition) is 1. The van der Waals surface area contributed by atoms with E-state index in [0.29, 0.717) is 16.5 Å². The number of anilines is 2. The second-order valence-electron chi connectivity index (χ2n) is 5.96. The minimum atomic E-state index is -4.04. The van der Waals surface area contributed by atoms with Crippen molar-refractivity contribution in [2.45, 2.75) is 4.90 Å². The zero-order chi connectivity index (χ0) is 20.9. The highest BCUT2D eigenvalue weighted by molar-refractivity contribution is 7.92. The third-order valence-electron chi connectivity index (χ3n) is 3.98. The number of nitrogens with zero attached hydrogens (tertiary/aromatic N) is 2. The predicted octanol–water partition coefficient (Wildman–Crippen LogP) is 3.58. The Morgan fingerprint density at radius 3 is 2.52 bits per heavy atom. The van der Waals surface area contributed by atoms with Gasteiger partial charge in [-0.1, -0.05) is 17.7 Å². The van der Waals surface area contributed by atoms with Crippen molar-refractivity contribution in [1.29, 1.82) is 0 Å². The molecule has 150 valence electrons. The van der Waals surface area contributed by atoms with Gasteiger partial charge < -0.3 is 10.1 Å². The summed E-state index contributed by atoms with van der Waals surface area (Å²) in [5.41, 5.74) is 0.736. The molecule has 9 heteroatoms. The van der Waals surface area contributed by atoms with E-state index in [1.54, 1.807) is 48.7 Å². The Morgan fingerprint density at radius 2 is 1.90 bits per heavy atom. The lowest BCUT2D eigenvalue weighted by Gasteiger charge is -2.24. The highest BCUT2D eigenvalue weighted by Crippen LogP contribution is 2.27. The SMILES string of the molecule is COc1ccc(S(=O)(=O)N(CC(=O)Nc2cccnc2)c2cccc(Cl)c2)cc1. The molecule has 0 saturated heterocycles. The number of amides is 1. The van der Waals surface area contributed by atoms with Crippen LogP contribution in [0.15, 0.2) is 78.0 Å². The molecule has 1 aromatic heterocycles. The molecule has 29 heavy (non-hydrogen) atoms. The fraction of sp³-hybridized carbons (Fsp3) is 0.100. The average molecular weight is 432 g/mol. The minimum Gasteiger partial charge on any atom is -0.497 e. The number of pyridine rings is 1. The molecular formula is C20H18ClN3O4S. The van der Waals surface area contributed by atoms with E-state index in [9.17, 15) is 13.2 Å². The van der Waals surface area contributed by atoms with Gasteiger partial charge in [0.15, 0.2) is 0 Å². The van der Waals surface area contributed by atoms with Crippen LogP contribution in [-0.2, 0) is 14.8 Å². The number of rotatable bonds is 7. The van der Waals surface area contributed by atoms with Gasteiger partial charge in [0.05, 0.1) is 29.6 Å². The van der Waals surface area contributed by atoms with E-state index in [0.717, 1.165) is 4.31 Å². The Bertz CT molecular complexity index is 1090. The highest BCUT2D eigenvalue weighted by atomic mass is 35.5. The van der Waals surface area contributed by atoms with E-state index in [-0.39, 0.29) is 10.6 Å². The molecule has 3 aromatic rings. The number of ether oxygens (including phenoxy) is 1. The third kappa shape index (κ3) is 5.04. The van der Waals surface area contributed by atoms with Crippen molar-refractivity contribution in [2.24, 2.45) is 0 Å². The van der Waals surface area contributed by atoms with Crippen LogP contribution in [0.1, 0.15) is 0 Å². The van der Waals surface area contributed by atoms with E-state index in [2.05, 4.69) is 10.3 Å². The Hall–Kier alpha value is -3.10. The van der Waals surface area contributed by atoms with Gasteiger partial charge in [0.2, 0.25) is 5.91 Å². The van der Waals surface area contributed by atoms with Gasteiger partial charge in [0.25, 0.3) is 10.0 Å². The minimum absolute atomic E-state index is 0.0208. The van der Waals surface area contributed by atoms with Crippen LogP contribution in [0.25, 0.3) is 0 Å². The number of carbonyl (C=O) groups is 1. The second kappa shape index (κ2) is 8.93. The largest absolute Gasteiger partial charge is 0.497 e. The number of carbonyl (C=O) groups excluding carboxylic acids is 1. The fourth-order valence-electron chi connectivity index (χ4n) is 2.59. The molecule has 0 radical (unpaired) electrons. The topological polar surface area (TPSA) is 88.6 Å². The molecule has 1 N–H and O–H groups in total. The van der Waals surface area contributed by atoms with Crippen LogP contribution in [0.3, 0.4) is 0 Å². The summed E-state index contributed by atoms with van der Waals surface area (Å²) < 4.78 is 32.6. The summed E-state index contributed by atoms with van der Waals surface area (Å²) in [5, 5.41) is 2.99. The molecular weight excluding hydrogens is 414 g/mol. The Morgan fingerprint density at radius 1 is 1.14 bits per heavy atom. The summed E-state index contributed by atoms with van der Waals surface area (Å²) in [6.45, 7) is -0.441. The van der Waals surface area contributed by atoms with Crippen molar-refractivity contribution in [3.63, 3.8) is 0 Å². The Kier molecular flexibility index (Phi) is 6.36. The van der Waals surface area contributed by atoms with Gasteiger partial charge in [0, 0.05) is 11.2 Å². The van der Waals surface area contributed by atoms with Crippen LogP contribution in [0, 0.1) is 0 Å². The van der Waals surface area contributed by atoms with Crippen LogP contribution >= 0.6 is 11.6 Å². The summed E-state index contributed by atoms with van der Waals surface area (Å²) in [5.74, 6) is 0.00244. The summed E-state index contributed by atoms with van der Waals surface area (Å²) in [6.07, 6.45) is 3.04. The van der Waals surface area contributed by atoms with Gasteiger partial charge in [-0.25, -0.2) is 8.42 Å². The van der Waals surface area contributed by atoms with Crippen molar-refractivity contribution >= 4 is 38.9 Å². The Labute approximate surface area is 174 Å². The molecule has 0 bridgehead atoms. The molecule has 2 aromatic carbocycles. The van der Waals surface area contributed by atoms with Crippen LogP contribution in [0.5, 0.6) is 5.75 Å². The first-order valence-corrected chi connectivity index (χ1v) is 10.3. The maximum absolute atomic E-state index is 13.3. The van der Waals surface area contributed by atoms with Gasteiger partial charge in [-0.3, -0.25) is 14.1 Å². The Balaban J connectivity index is 1.95. The molecule has 7 nitrogen and oxygen atoms in total. The zero-order valence-corrected chi connectivity index (χ0v) is 17.0. The summed E-state index contributed by atoms with van der Waals surface area (Å²) in [4.78, 5) is 16.5. The number of halogens is 1. The van der Waals surface area contributed by atoms with Gasteiger partial charge in [-0.15, -0.1) is 0 Å². The van der Waals surface area contributed by atoms with Crippen molar-refractivity contribution in [2.75, 3.05) is 23.3 Å². The second-order valence-corrected chi connectivity index (χ2v) is 8.26. The lowest BCUT2D eigenvalue weighted by molar-refractivity contribution is -0.114. The number of hydrogen-bond acceptors (Lipinski definition) is 5. The monoisotopic (exact) mass is 431 g/mol. The molecule has 0 saturated carbocycles. The fourth-order valence-corrected chi connectivity index (χ4v) is 4.19. The zero-order valence-electron chi connectivity index (χ0n) is 15.4. The summed E-state index contributed by atoms with van der Waals surface area (Å²) >= 11 is 6.04. The summed E-state index contributed by atoms with van der Waals surface area (Å²) in [7, 11) is -2.55. The normalized spacial score (nSPS) is 11.0. The molecule has 0 aliphatic heterocycles. The van der Waals surface area contributed by atoms with Gasteiger partial charge >= 0.3 is 0 Å². The van der Waals surface area contributed by atoms with Crippen molar-refractivity contribution in [3.8, 4) is 5.75 Å². The van der Waals surface area contributed by atoms with Gasteiger partial charge in [-0.05, 0) is 54.6 Å². The highest BCUT2D eigenvalue weighted by Gasteiger charge is 2.27. The molecule has 3 rings (SSSR count). The van der Waals surface area contributed by atoms with E-state index in [1.807, 2.05) is 0 Å². The van der Waals surface area contributed by atoms with Crippen LogP contribution < -0.4 is 14.4 Å². The third-order valence-corrected chi connectivity index (χ3v) is 6.00. The molecule has 0 fully saturated rings. The van der Waals surface area contributed by atoms with Crippen LogP contribution in [0.2, 0.25) is 5.02 Å². The lowest BCUT2D eigenvalue weighted by Crippen LogP contribution is -2.38. The molecule has 0 aliphatic carbocycles. The predicted molar refractivity (Wildman–Crippen MR) is 112 cm³/mol. The molecule has 0 atom stereocenters. The van der Waals surface area contributed by atoms with Crippen molar-refractivity contribution in [1.82, 2.24) is 4.98 Å². The molecule has 0 unspecified atom stereocenters. The average Bonchev–Trinajstić information content (AvgIpc) is 2.72. The smallest absolute Gasteiger partial charge is 0.264 e. The van der Waals surface area contributed by atoms with E-state index in [1.165, 1.54) is 31.5 Å². The quantitative estimate of drug-likeness (QED) is 0.617. The molecule has 0 spiro atoms. The maximum atomic E-state index is 13.3. The molecule has 1 heterocycles. The number of nitrogens with one attached hydrogen (secondary N) is 1. The van der Waals surface area contributed by atoms with E-state index < -0.39 is 22.5 Å². The molecule has 1 amide bonds. The summed E-state index contributed by atoms with van der Waals surface area (Å²) in [6, 6.07) is 15.6. The maximum Gasteiger partial charge on any atom is 0.264 e. The first kappa shape index (κ1) is 20.6. The van der Waals surface area contributed by atoms with E-state index in [4.69, 9.17) is 16.3 Å². The van der Waals surface area contributed by atoms with Crippen LogP contribution in [0.4, 0.5) is 11.4 Å². The standard InChI is InChI=1S/C20H18ClN3O4S/c1-28-18-7-9-19(10-8-18)29(26,27)24(17-6-2-4-15(21)12-17)14-20(25)23-16-5-3-11-22-13-16/h2-13H,14H2,1H3,(H,23,25). The van der Waals surface area contributed by atoms with Crippen molar-refractivity contribution < 1.29 is 17.9 Å².